The Labute approximate surface area is 152 Å². The highest BCUT2D eigenvalue weighted by molar-refractivity contribution is 7.99. The first-order valence-electron chi connectivity index (χ1n) is 7.18. The number of thioether (sulfide) groups is 1. The van der Waals surface area contributed by atoms with Crippen LogP contribution >= 0.6 is 34.7 Å². The van der Waals surface area contributed by atoms with Gasteiger partial charge < -0.3 is 5.32 Å². The van der Waals surface area contributed by atoms with Crippen molar-refractivity contribution in [2.75, 3.05) is 12.3 Å². The number of amides is 1. The molecule has 0 fully saturated rings. The molecule has 0 bridgehead atoms. The highest BCUT2D eigenvalue weighted by Gasteiger charge is 2.11. The third-order valence-electron chi connectivity index (χ3n) is 3.10. The monoisotopic (exact) mass is 379 g/mol. The Hall–Kier alpha value is -1.90. The summed E-state index contributed by atoms with van der Waals surface area (Å²) in [5.41, 5.74) is 0.758. The van der Waals surface area contributed by atoms with Crippen molar-refractivity contribution in [1.82, 2.24) is 25.5 Å². The van der Waals surface area contributed by atoms with Crippen LogP contribution < -0.4 is 5.32 Å². The van der Waals surface area contributed by atoms with E-state index in [1.165, 1.54) is 16.6 Å². The summed E-state index contributed by atoms with van der Waals surface area (Å²) in [6.45, 7) is 0.624. The van der Waals surface area contributed by atoms with Gasteiger partial charge in [-0.15, -0.1) is 16.4 Å². The summed E-state index contributed by atoms with van der Waals surface area (Å²) in [6, 6.07) is 11.3. The van der Waals surface area contributed by atoms with Crippen LogP contribution in [-0.2, 0) is 11.2 Å². The number of benzene rings is 1. The molecule has 6 nitrogen and oxygen atoms in total. The van der Waals surface area contributed by atoms with Gasteiger partial charge in [-0.25, -0.2) is 0 Å². The fourth-order valence-electron chi connectivity index (χ4n) is 2.00. The van der Waals surface area contributed by atoms with Crippen molar-refractivity contribution in [3.63, 3.8) is 0 Å². The second kappa shape index (κ2) is 8.27. The van der Waals surface area contributed by atoms with Gasteiger partial charge in [0.2, 0.25) is 11.1 Å². The second-order valence-electron chi connectivity index (χ2n) is 4.82. The number of carbonyl (C=O) groups excluding carboxylic acids is 1. The first-order valence-corrected chi connectivity index (χ1v) is 9.43. The Balaban J connectivity index is 1.52. The van der Waals surface area contributed by atoms with Crippen LogP contribution in [0.2, 0.25) is 5.02 Å². The Bertz CT molecular complexity index is 806. The van der Waals surface area contributed by atoms with Gasteiger partial charge in [0.1, 0.15) is 0 Å². The minimum Gasteiger partial charge on any atom is -0.355 e. The number of carbonyl (C=O) groups is 1. The molecule has 0 saturated carbocycles. The molecule has 0 spiro atoms. The Kier molecular flexibility index (Phi) is 5.84. The summed E-state index contributed by atoms with van der Waals surface area (Å²) < 4.78 is 1.56. The standard InChI is InChI=1S/C15H14ClN5OS2/c16-11-3-1-4-12(9-11)21-15(18-19-20-21)24-10-14(22)17-7-6-13-5-2-8-23-13/h1-5,8-9H,6-7,10H2,(H,17,22). The Morgan fingerprint density at radius 1 is 1.33 bits per heavy atom. The van der Waals surface area contributed by atoms with Crippen LogP contribution in [0.15, 0.2) is 46.9 Å². The summed E-state index contributed by atoms with van der Waals surface area (Å²) in [4.78, 5) is 13.2. The van der Waals surface area contributed by atoms with Gasteiger partial charge in [-0.05, 0) is 46.5 Å². The van der Waals surface area contributed by atoms with Gasteiger partial charge in [0, 0.05) is 16.4 Å². The number of rotatable bonds is 7. The summed E-state index contributed by atoms with van der Waals surface area (Å²) in [5.74, 6) is 0.211. The molecule has 2 aromatic heterocycles. The van der Waals surface area contributed by atoms with Crippen LogP contribution in [0.25, 0.3) is 5.69 Å². The topological polar surface area (TPSA) is 72.7 Å². The number of aromatic nitrogens is 4. The van der Waals surface area contributed by atoms with E-state index in [4.69, 9.17) is 11.6 Å². The molecule has 0 atom stereocenters. The number of hydrogen-bond donors (Lipinski definition) is 1. The maximum atomic E-state index is 11.9. The van der Waals surface area contributed by atoms with Gasteiger partial charge in [-0.1, -0.05) is 35.5 Å². The number of nitrogens with zero attached hydrogens (tertiary/aromatic N) is 4. The molecule has 0 aliphatic rings. The molecule has 1 amide bonds. The van der Waals surface area contributed by atoms with E-state index in [0.717, 1.165) is 12.1 Å². The lowest BCUT2D eigenvalue weighted by Crippen LogP contribution is -2.27. The smallest absolute Gasteiger partial charge is 0.230 e. The van der Waals surface area contributed by atoms with Crippen molar-refractivity contribution in [3.8, 4) is 5.69 Å². The quantitative estimate of drug-likeness (QED) is 0.639. The first kappa shape index (κ1) is 16.9. The minimum atomic E-state index is -0.0443. The molecule has 0 aliphatic carbocycles. The zero-order valence-corrected chi connectivity index (χ0v) is 14.9. The minimum absolute atomic E-state index is 0.0443. The first-order chi connectivity index (χ1) is 11.7. The average molecular weight is 380 g/mol. The molecule has 0 saturated heterocycles. The molecule has 3 rings (SSSR count). The van der Waals surface area contributed by atoms with Gasteiger partial charge in [0.05, 0.1) is 11.4 Å². The zero-order valence-electron chi connectivity index (χ0n) is 12.6. The van der Waals surface area contributed by atoms with Crippen molar-refractivity contribution in [2.45, 2.75) is 11.6 Å². The van der Waals surface area contributed by atoms with Crippen LogP contribution in [0.4, 0.5) is 0 Å². The maximum absolute atomic E-state index is 11.9. The molecule has 124 valence electrons. The number of halogens is 1. The van der Waals surface area contributed by atoms with Crippen LogP contribution in [0.5, 0.6) is 0 Å². The molecule has 0 aliphatic heterocycles. The van der Waals surface area contributed by atoms with E-state index in [1.807, 2.05) is 23.6 Å². The summed E-state index contributed by atoms with van der Waals surface area (Å²) in [7, 11) is 0. The lowest BCUT2D eigenvalue weighted by molar-refractivity contribution is -0.118. The van der Waals surface area contributed by atoms with Crippen LogP contribution in [-0.4, -0.2) is 38.4 Å². The van der Waals surface area contributed by atoms with E-state index in [9.17, 15) is 4.79 Å². The normalized spacial score (nSPS) is 10.7. The fourth-order valence-corrected chi connectivity index (χ4v) is 3.61. The molecule has 3 aromatic rings. The van der Waals surface area contributed by atoms with Gasteiger partial charge in [0.25, 0.3) is 0 Å². The third-order valence-corrected chi connectivity index (χ3v) is 5.19. The molecule has 0 unspecified atom stereocenters. The van der Waals surface area contributed by atoms with Gasteiger partial charge >= 0.3 is 0 Å². The van der Waals surface area contributed by atoms with Crippen LogP contribution in [0.3, 0.4) is 0 Å². The van der Waals surface area contributed by atoms with Crippen molar-refractivity contribution in [2.24, 2.45) is 0 Å². The van der Waals surface area contributed by atoms with Crippen LogP contribution in [0, 0.1) is 0 Å². The predicted octanol–water partition coefficient (Wildman–Crippen LogP) is 2.83. The van der Waals surface area contributed by atoms with Gasteiger partial charge in [0.15, 0.2) is 0 Å². The molecular weight excluding hydrogens is 366 g/mol. The maximum Gasteiger partial charge on any atom is 0.230 e. The molecular formula is C15H14ClN5OS2. The molecule has 9 heteroatoms. The predicted molar refractivity (Wildman–Crippen MR) is 95.9 cm³/mol. The molecule has 24 heavy (non-hydrogen) atoms. The van der Waals surface area contributed by atoms with Crippen LogP contribution in [0.1, 0.15) is 4.88 Å². The van der Waals surface area contributed by atoms with E-state index in [1.54, 1.807) is 28.2 Å². The van der Waals surface area contributed by atoms with Gasteiger partial charge in [-0.2, -0.15) is 4.68 Å². The van der Waals surface area contributed by atoms with Gasteiger partial charge in [-0.3, -0.25) is 4.79 Å². The summed E-state index contributed by atoms with van der Waals surface area (Å²) in [6.07, 6.45) is 0.842. The molecule has 1 aromatic carbocycles. The lowest BCUT2D eigenvalue weighted by atomic mass is 10.3. The average Bonchev–Trinajstić information content (AvgIpc) is 3.24. The van der Waals surface area contributed by atoms with Crippen molar-refractivity contribution in [3.05, 3.63) is 51.7 Å². The highest BCUT2D eigenvalue weighted by Crippen LogP contribution is 2.20. The molecule has 0 radical (unpaired) electrons. The summed E-state index contributed by atoms with van der Waals surface area (Å²) >= 11 is 8.96. The van der Waals surface area contributed by atoms with Crippen molar-refractivity contribution in [1.29, 1.82) is 0 Å². The molecule has 2 heterocycles. The molecule has 1 N–H and O–H groups in total. The number of tetrazole rings is 1. The van der Waals surface area contributed by atoms with E-state index in [2.05, 4.69) is 26.9 Å². The fraction of sp³-hybridized carbons (Fsp3) is 0.200. The van der Waals surface area contributed by atoms with Crippen molar-refractivity contribution < 1.29 is 4.79 Å². The highest BCUT2D eigenvalue weighted by atomic mass is 35.5. The number of nitrogens with one attached hydrogen (secondary N) is 1. The van der Waals surface area contributed by atoms with Crippen molar-refractivity contribution >= 4 is 40.6 Å². The van der Waals surface area contributed by atoms with E-state index in [-0.39, 0.29) is 11.7 Å². The number of hydrogen-bond acceptors (Lipinski definition) is 6. The largest absolute Gasteiger partial charge is 0.355 e. The van der Waals surface area contributed by atoms with E-state index < -0.39 is 0 Å². The van der Waals surface area contributed by atoms with E-state index in [0.29, 0.717) is 16.7 Å². The summed E-state index contributed by atoms with van der Waals surface area (Å²) in [5, 5.41) is 17.7. The second-order valence-corrected chi connectivity index (χ2v) is 7.23. The number of thiophene rings is 1. The Morgan fingerprint density at radius 3 is 3.04 bits per heavy atom. The Morgan fingerprint density at radius 2 is 2.25 bits per heavy atom. The third kappa shape index (κ3) is 4.56. The SMILES string of the molecule is O=C(CSc1nnnn1-c1cccc(Cl)c1)NCCc1cccs1. The zero-order chi connectivity index (χ0) is 16.8. The lowest BCUT2D eigenvalue weighted by Gasteiger charge is -2.05. The van der Waals surface area contributed by atoms with E-state index >= 15 is 0 Å².